The maximum absolute atomic E-state index is 12.0. The Morgan fingerprint density at radius 2 is 1.94 bits per heavy atom. The van der Waals surface area contributed by atoms with Crippen molar-refractivity contribution < 1.29 is 22.7 Å². The molecule has 0 N–H and O–H groups in total. The summed E-state index contributed by atoms with van der Waals surface area (Å²) < 4.78 is 41.2. The molecule has 0 bridgehead atoms. The van der Waals surface area contributed by atoms with Gasteiger partial charge in [-0.05, 0) is 20.3 Å². The van der Waals surface area contributed by atoms with Crippen molar-refractivity contribution in [2.75, 3.05) is 5.75 Å². The molecule has 0 amide bonds. The fourth-order valence-corrected chi connectivity index (χ4v) is 2.44. The van der Waals surface area contributed by atoms with Crippen molar-refractivity contribution in [1.29, 1.82) is 0 Å². The number of hydrogen-bond donors (Lipinski definition) is 0. The third-order valence-corrected chi connectivity index (χ3v) is 3.41. The van der Waals surface area contributed by atoms with Gasteiger partial charge in [0.2, 0.25) is 0 Å². The van der Waals surface area contributed by atoms with Gasteiger partial charge in [0.1, 0.15) is 5.25 Å². The zero-order valence-electron chi connectivity index (χ0n) is 11.0. The number of alkyl halides is 3. The number of carbonyl (C=O) groups is 1. The average molecular weight is 286 g/mol. The van der Waals surface area contributed by atoms with Crippen molar-refractivity contribution in [2.45, 2.75) is 64.0 Å². The zero-order valence-corrected chi connectivity index (χ0v) is 11.9. The number of ether oxygens (including phenoxy) is 1. The van der Waals surface area contributed by atoms with E-state index in [0.717, 1.165) is 24.6 Å². The van der Waals surface area contributed by atoms with Crippen LogP contribution in [0.5, 0.6) is 0 Å². The molecule has 6 heteroatoms. The molecule has 0 spiro atoms. The van der Waals surface area contributed by atoms with E-state index in [0.29, 0.717) is 6.42 Å². The first-order valence-electron chi connectivity index (χ1n) is 6.15. The highest BCUT2D eigenvalue weighted by molar-refractivity contribution is 8.00. The summed E-state index contributed by atoms with van der Waals surface area (Å²) >= 11 is 1.04. The summed E-state index contributed by atoms with van der Waals surface area (Å²) in [6.07, 6.45) is -2.96. The number of esters is 1. The van der Waals surface area contributed by atoms with Gasteiger partial charge in [-0.25, -0.2) is 0 Å². The maximum atomic E-state index is 12.0. The van der Waals surface area contributed by atoms with Crippen LogP contribution in [0.1, 0.15) is 46.5 Å². The van der Waals surface area contributed by atoms with E-state index in [9.17, 15) is 18.0 Å². The normalized spacial score (nSPS) is 13.7. The SMILES string of the molecule is CCCCC(SCCC(F)(F)F)C(=O)OC(C)C. The summed E-state index contributed by atoms with van der Waals surface area (Å²) in [5.41, 5.74) is 0. The van der Waals surface area contributed by atoms with Gasteiger partial charge in [0.05, 0.1) is 12.5 Å². The predicted molar refractivity (Wildman–Crippen MR) is 67.7 cm³/mol. The standard InChI is InChI=1S/C12H21F3O2S/c1-4-5-6-10(11(16)17-9(2)3)18-8-7-12(13,14)15/h9-10H,4-8H2,1-3H3. The van der Waals surface area contributed by atoms with Gasteiger partial charge in [0.25, 0.3) is 0 Å². The Morgan fingerprint density at radius 3 is 2.39 bits per heavy atom. The van der Waals surface area contributed by atoms with Gasteiger partial charge < -0.3 is 4.74 Å². The van der Waals surface area contributed by atoms with Gasteiger partial charge in [-0.2, -0.15) is 13.2 Å². The fourth-order valence-electron chi connectivity index (χ4n) is 1.28. The number of hydrogen-bond acceptors (Lipinski definition) is 3. The van der Waals surface area contributed by atoms with Gasteiger partial charge in [-0.1, -0.05) is 19.8 Å². The number of rotatable bonds is 8. The molecule has 0 rings (SSSR count). The molecule has 18 heavy (non-hydrogen) atoms. The lowest BCUT2D eigenvalue weighted by Gasteiger charge is -2.17. The zero-order chi connectivity index (χ0) is 14.2. The topological polar surface area (TPSA) is 26.3 Å². The van der Waals surface area contributed by atoms with Crippen molar-refractivity contribution in [3.8, 4) is 0 Å². The van der Waals surface area contributed by atoms with E-state index in [1.807, 2.05) is 6.92 Å². The van der Waals surface area contributed by atoms with E-state index in [1.165, 1.54) is 0 Å². The second-order valence-corrected chi connectivity index (χ2v) is 5.66. The molecule has 0 aliphatic rings. The molecule has 0 radical (unpaired) electrons. The molecule has 0 heterocycles. The van der Waals surface area contributed by atoms with Crippen LogP contribution >= 0.6 is 11.8 Å². The van der Waals surface area contributed by atoms with Crippen molar-refractivity contribution in [3.05, 3.63) is 0 Å². The lowest BCUT2D eigenvalue weighted by atomic mass is 10.2. The number of unbranched alkanes of at least 4 members (excludes halogenated alkanes) is 1. The van der Waals surface area contributed by atoms with Crippen LogP contribution in [-0.2, 0) is 9.53 Å². The van der Waals surface area contributed by atoms with Crippen LogP contribution in [-0.4, -0.2) is 29.3 Å². The van der Waals surface area contributed by atoms with Crippen molar-refractivity contribution in [1.82, 2.24) is 0 Å². The second kappa shape index (κ2) is 8.67. The first-order valence-corrected chi connectivity index (χ1v) is 7.20. The summed E-state index contributed by atoms with van der Waals surface area (Å²) in [7, 11) is 0. The monoisotopic (exact) mass is 286 g/mol. The first kappa shape index (κ1) is 17.6. The Bertz CT molecular complexity index is 242. The third kappa shape index (κ3) is 9.62. The maximum Gasteiger partial charge on any atom is 0.389 e. The molecule has 0 aliphatic carbocycles. The highest BCUT2D eigenvalue weighted by Crippen LogP contribution is 2.26. The minimum Gasteiger partial charge on any atom is -0.462 e. The Kier molecular flexibility index (Phi) is 8.48. The molecule has 0 aromatic rings. The number of carbonyl (C=O) groups excluding carboxylic acids is 1. The Balaban J connectivity index is 4.17. The van der Waals surface area contributed by atoms with E-state index in [-0.39, 0.29) is 11.9 Å². The summed E-state index contributed by atoms with van der Waals surface area (Å²) in [5, 5.41) is -0.477. The van der Waals surface area contributed by atoms with Crippen LogP contribution in [0.2, 0.25) is 0 Å². The lowest BCUT2D eigenvalue weighted by Crippen LogP contribution is -2.24. The van der Waals surface area contributed by atoms with Crippen LogP contribution < -0.4 is 0 Å². The third-order valence-electron chi connectivity index (χ3n) is 2.14. The molecule has 1 atom stereocenters. The van der Waals surface area contributed by atoms with Gasteiger partial charge in [0.15, 0.2) is 0 Å². The van der Waals surface area contributed by atoms with E-state index in [4.69, 9.17) is 4.74 Å². The van der Waals surface area contributed by atoms with Gasteiger partial charge in [0, 0.05) is 5.75 Å². The minimum atomic E-state index is -4.16. The van der Waals surface area contributed by atoms with Gasteiger partial charge >= 0.3 is 12.1 Å². The summed E-state index contributed by atoms with van der Waals surface area (Å²) in [6, 6.07) is 0. The smallest absolute Gasteiger partial charge is 0.389 e. The van der Waals surface area contributed by atoms with E-state index >= 15 is 0 Å². The summed E-state index contributed by atoms with van der Waals surface area (Å²) in [5.74, 6) is -0.490. The van der Waals surface area contributed by atoms with Crippen LogP contribution in [0, 0.1) is 0 Å². The van der Waals surface area contributed by atoms with Crippen LogP contribution in [0.3, 0.4) is 0 Å². The van der Waals surface area contributed by atoms with Gasteiger partial charge in [-0.3, -0.25) is 4.79 Å². The molecule has 0 saturated carbocycles. The molecular formula is C12H21F3O2S. The van der Waals surface area contributed by atoms with Crippen molar-refractivity contribution >= 4 is 17.7 Å². The van der Waals surface area contributed by atoms with Gasteiger partial charge in [-0.15, -0.1) is 11.8 Å². The number of thioether (sulfide) groups is 1. The Labute approximate surface area is 111 Å². The van der Waals surface area contributed by atoms with E-state index < -0.39 is 23.8 Å². The molecular weight excluding hydrogens is 265 g/mol. The Morgan fingerprint density at radius 1 is 1.33 bits per heavy atom. The van der Waals surface area contributed by atoms with E-state index in [1.54, 1.807) is 13.8 Å². The molecule has 108 valence electrons. The fraction of sp³-hybridized carbons (Fsp3) is 0.917. The van der Waals surface area contributed by atoms with Crippen LogP contribution in [0.25, 0.3) is 0 Å². The van der Waals surface area contributed by atoms with E-state index in [2.05, 4.69) is 0 Å². The minimum absolute atomic E-state index is 0.0922. The van der Waals surface area contributed by atoms with Crippen LogP contribution in [0.15, 0.2) is 0 Å². The molecule has 2 nitrogen and oxygen atoms in total. The largest absolute Gasteiger partial charge is 0.462 e. The molecule has 0 aliphatic heterocycles. The quantitative estimate of drug-likeness (QED) is 0.626. The highest BCUT2D eigenvalue weighted by atomic mass is 32.2. The molecule has 0 fully saturated rings. The first-order chi connectivity index (χ1) is 8.26. The van der Waals surface area contributed by atoms with Crippen LogP contribution in [0.4, 0.5) is 13.2 Å². The second-order valence-electron chi connectivity index (χ2n) is 4.35. The summed E-state index contributed by atoms with van der Waals surface area (Å²) in [4.78, 5) is 11.7. The lowest BCUT2D eigenvalue weighted by molar-refractivity contribution is -0.147. The molecule has 0 aromatic carbocycles. The molecule has 0 saturated heterocycles. The number of halogens is 3. The average Bonchev–Trinajstić information content (AvgIpc) is 2.20. The van der Waals surface area contributed by atoms with Crippen molar-refractivity contribution in [3.63, 3.8) is 0 Å². The summed E-state index contributed by atoms with van der Waals surface area (Å²) in [6.45, 7) is 5.44. The highest BCUT2D eigenvalue weighted by Gasteiger charge is 2.28. The molecule has 0 aromatic heterocycles. The predicted octanol–water partition coefficient (Wildman–Crippen LogP) is 4.18. The van der Waals surface area contributed by atoms with Crippen molar-refractivity contribution in [2.24, 2.45) is 0 Å². The Hall–Kier alpha value is -0.390. The molecule has 1 unspecified atom stereocenters.